The normalized spacial score (nSPS) is 16.8. The number of carbonyl (C=O) groups excluding carboxylic acids is 1. The van der Waals surface area contributed by atoms with Gasteiger partial charge in [-0.2, -0.15) is 0 Å². The number of carbonyl (C=O) groups is 1. The van der Waals surface area contributed by atoms with E-state index in [9.17, 15) is 4.79 Å². The molecule has 2 rings (SSSR count). The largest absolute Gasteiger partial charge is 0.494 e. The van der Waals surface area contributed by atoms with Crippen molar-refractivity contribution < 1.29 is 9.53 Å². The Morgan fingerprint density at radius 3 is 2.56 bits per heavy atom. The van der Waals surface area contributed by atoms with Gasteiger partial charge in [0.05, 0.1) is 12.1 Å². The topological polar surface area (TPSA) is 64.3 Å². The SMILES string of the molecule is CCCOc1ccc(NC(=O)C2(N)CCC2)cc1. The summed E-state index contributed by atoms with van der Waals surface area (Å²) in [5, 5.41) is 2.85. The van der Waals surface area contributed by atoms with Crippen molar-refractivity contribution in [2.24, 2.45) is 5.73 Å². The molecule has 0 aliphatic heterocycles. The van der Waals surface area contributed by atoms with Crippen molar-refractivity contribution >= 4 is 11.6 Å². The van der Waals surface area contributed by atoms with Crippen molar-refractivity contribution in [2.45, 2.75) is 38.1 Å². The lowest BCUT2D eigenvalue weighted by molar-refractivity contribution is -0.123. The first kappa shape index (κ1) is 12.9. The van der Waals surface area contributed by atoms with Crippen LogP contribution in [0.3, 0.4) is 0 Å². The molecule has 1 aromatic rings. The van der Waals surface area contributed by atoms with Crippen molar-refractivity contribution in [1.29, 1.82) is 0 Å². The van der Waals surface area contributed by atoms with E-state index in [2.05, 4.69) is 12.2 Å². The highest BCUT2D eigenvalue weighted by molar-refractivity contribution is 5.98. The molecule has 0 spiro atoms. The minimum Gasteiger partial charge on any atom is -0.494 e. The molecule has 98 valence electrons. The Morgan fingerprint density at radius 1 is 1.39 bits per heavy atom. The Bertz CT molecular complexity index is 410. The zero-order valence-electron chi connectivity index (χ0n) is 10.7. The minimum absolute atomic E-state index is 0.0871. The second-order valence-electron chi connectivity index (χ2n) is 4.84. The Morgan fingerprint density at radius 2 is 2.06 bits per heavy atom. The van der Waals surface area contributed by atoms with Gasteiger partial charge in [0.15, 0.2) is 0 Å². The van der Waals surface area contributed by atoms with Crippen LogP contribution in [0, 0.1) is 0 Å². The Balaban J connectivity index is 1.91. The average Bonchev–Trinajstić information content (AvgIpc) is 2.35. The first-order valence-corrected chi connectivity index (χ1v) is 6.47. The molecule has 0 bridgehead atoms. The van der Waals surface area contributed by atoms with Gasteiger partial charge in [-0.15, -0.1) is 0 Å². The second-order valence-corrected chi connectivity index (χ2v) is 4.84. The molecule has 4 heteroatoms. The fourth-order valence-corrected chi connectivity index (χ4v) is 1.89. The van der Waals surface area contributed by atoms with Crippen LogP contribution >= 0.6 is 0 Å². The molecule has 0 radical (unpaired) electrons. The molecule has 0 aromatic heterocycles. The lowest BCUT2D eigenvalue weighted by atomic mass is 9.77. The maximum Gasteiger partial charge on any atom is 0.244 e. The summed E-state index contributed by atoms with van der Waals surface area (Å²) in [5.41, 5.74) is 6.06. The van der Waals surface area contributed by atoms with Gasteiger partial charge < -0.3 is 15.8 Å². The number of hydrogen-bond donors (Lipinski definition) is 2. The molecule has 0 unspecified atom stereocenters. The zero-order valence-corrected chi connectivity index (χ0v) is 10.7. The van der Waals surface area contributed by atoms with Crippen LogP contribution in [0.4, 0.5) is 5.69 Å². The summed E-state index contributed by atoms with van der Waals surface area (Å²) in [6.07, 6.45) is 3.56. The van der Waals surface area contributed by atoms with Gasteiger partial charge in [-0.3, -0.25) is 4.79 Å². The highest BCUT2D eigenvalue weighted by Gasteiger charge is 2.40. The van der Waals surface area contributed by atoms with Gasteiger partial charge >= 0.3 is 0 Å². The zero-order chi connectivity index (χ0) is 13.0. The predicted molar refractivity (Wildman–Crippen MR) is 71.6 cm³/mol. The second kappa shape index (κ2) is 5.40. The van der Waals surface area contributed by atoms with Crippen LogP contribution in [0.1, 0.15) is 32.6 Å². The van der Waals surface area contributed by atoms with Crippen LogP contribution in [0.2, 0.25) is 0 Å². The highest BCUT2D eigenvalue weighted by Crippen LogP contribution is 2.30. The summed E-state index contributed by atoms with van der Waals surface area (Å²) in [7, 11) is 0. The first-order valence-electron chi connectivity index (χ1n) is 6.47. The standard InChI is InChI=1S/C14H20N2O2/c1-2-10-18-12-6-4-11(5-7-12)16-13(17)14(15)8-3-9-14/h4-7H,2-3,8-10,15H2,1H3,(H,16,17). The third-order valence-corrected chi connectivity index (χ3v) is 3.28. The summed E-state index contributed by atoms with van der Waals surface area (Å²) >= 11 is 0. The lowest BCUT2D eigenvalue weighted by Gasteiger charge is -2.36. The number of anilines is 1. The van der Waals surface area contributed by atoms with Crippen molar-refractivity contribution in [1.82, 2.24) is 0 Å². The van der Waals surface area contributed by atoms with Gasteiger partial charge in [0.1, 0.15) is 5.75 Å². The lowest BCUT2D eigenvalue weighted by Crippen LogP contribution is -2.56. The van der Waals surface area contributed by atoms with E-state index in [1.165, 1.54) is 0 Å². The molecular weight excluding hydrogens is 228 g/mol. The number of ether oxygens (including phenoxy) is 1. The van der Waals surface area contributed by atoms with Crippen LogP contribution in [0.25, 0.3) is 0 Å². The monoisotopic (exact) mass is 248 g/mol. The van der Waals surface area contributed by atoms with Gasteiger partial charge in [0.25, 0.3) is 0 Å². The molecule has 1 fully saturated rings. The minimum atomic E-state index is -0.655. The summed E-state index contributed by atoms with van der Waals surface area (Å²) in [5.74, 6) is 0.733. The molecule has 1 aliphatic rings. The van der Waals surface area contributed by atoms with Crippen molar-refractivity contribution in [3.8, 4) is 5.75 Å². The van der Waals surface area contributed by atoms with Gasteiger partial charge in [-0.25, -0.2) is 0 Å². The van der Waals surface area contributed by atoms with Gasteiger partial charge in [-0.1, -0.05) is 6.92 Å². The fraction of sp³-hybridized carbons (Fsp3) is 0.500. The van der Waals surface area contributed by atoms with E-state index in [0.29, 0.717) is 6.61 Å². The summed E-state index contributed by atoms with van der Waals surface area (Å²) < 4.78 is 5.48. The summed E-state index contributed by atoms with van der Waals surface area (Å²) in [6.45, 7) is 2.77. The predicted octanol–water partition coefficient (Wildman–Crippen LogP) is 2.30. The quantitative estimate of drug-likeness (QED) is 0.840. The van der Waals surface area contributed by atoms with Crippen molar-refractivity contribution in [3.05, 3.63) is 24.3 Å². The number of benzene rings is 1. The maximum absolute atomic E-state index is 11.9. The fourth-order valence-electron chi connectivity index (χ4n) is 1.89. The molecule has 1 aromatic carbocycles. The molecular formula is C14H20N2O2. The van der Waals surface area contributed by atoms with E-state index in [1.54, 1.807) is 0 Å². The third kappa shape index (κ3) is 2.82. The van der Waals surface area contributed by atoms with E-state index < -0.39 is 5.54 Å². The van der Waals surface area contributed by atoms with Gasteiger partial charge in [-0.05, 0) is 49.9 Å². The number of nitrogens with one attached hydrogen (secondary N) is 1. The summed E-state index contributed by atoms with van der Waals surface area (Å²) in [4.78, 5) is 11.9. The number of amides is 1. The average molecular weight is 248 g/mol. The number of hydrogen-bond acceptors (Lipinski definition) is 3. The van der Waals surface area contributed by atoms with Crippen LogP contribution in [-0.4, -0.2) is 18.1 Å². The van der Waals surface area contributed by atoms with E-state index in [1.807, 2.05) is 24.3 Å². The van der Waals surface area contributed by atoms with Crippen LogP contribution < -0.4 is 15.8 Å². The van der Waals surface area contributed by atoms with E-state index in [-0.39, 0.29) is 5.91 Å². The van der Waals surface area contributed by atoms with E-state index in [0.717, 1.165) is 37.1 Å². The van der Waals surface area contributed by atoms with Gasteiger partial charge in [0.2, 0.25) is 5.91 Å². The molecule has 0 saturated heterocycles. The van der Waals surface area contributed by atoms with E-state index in [4.69, 9.17) is 10.5 Å². The van der Waals surface area contributed by atoms with Crippen LogP contribution in [0.15, 0.2) is 24.3 Å². The molecule has 18 heavy (non-hydrogen) atoms. The van der Waals surface area contributed by atoms with E-state index >= 15 is 0 Å². The maximum atomic E-state index is 11.9. The van der Waals surface area contributed by atoms with Crippen molar-refractivity contribution in [3.63, 3.8) is 0 Å². The number of rotatable bonds is 5. The molecule has 1 aliphatic carbocycles. The molecule has 4 nitrogen and oxygen atoms in total. The molecule has 3 N–H and O–H groups in total. The first-order chi connectivity index (χ1) is 8.64. The van der Waals surface area contributed by atoms with Gasteiger partial charge in [0, 0.05) is 5.69 Å². The Hall–Kier alpha value is -1.55. The Kier molecular flexibility index (Phi) is 3.87. The third-order valence-electron chi connectivity index (χ3n) is 3.28. The number of nitrogens with two attached hydrogens (primary N) is 1. The molecule has 1 amide bonds. The summed E-state index contributed by atoms with van der Waals surface area (Å²) in [6, 6.07) is 7.39. The molecule has 0 heterocycles. The smallest absolute Gasteiger partial charge is 0.244 e. The molecule has 1 saturated carbocycles. The van der Waals surface area contributed by atoms with Crippen LogP contribution in [0.5, 0.6) is 5.75 Å². The Labute approximate surface area is 108 Å². The van der Waals surface area contributed by atoms with Crippen LogP contribution in [-0.2, 0) is 4.79 Å². The highest BCUT2D eigenvalue weighted by atomic mass is 16.5. The van der Waals surface area contributed by atoms with Crippen molar-refractivity contribution in [2.75, 3.05) is 11.9 Å². The molecule has 0 atom stereocenters.